The summed E-state index contributed by atoms with van der Waals surface area (Å²) in [4.78, 5) is 0. The molecular formula is C10H22NO4P. The lowest BCUT2D eigenvalue weighted by atomic mass is 10.2. The molecule has 0 unspecified atom stereocenters. The number of unbranched alkanes of at least 4 members (excludes halogenated alkanes) is 2. The topological polar surface area (TPSA) is 68.1 Å². The van der Waals surface area contributed by atoms with Crippen LogP contribution in [0.3, 0.4) is 0 Å². The summed E-state index contributed by atoms with van der Waals surface area (Å²) in [5.41, 5.74) is 0.129. The van der Waals surface area contributed by atoms with Gasteiger partial charge in [0, 0.05) is 6.42 Å². The van der Waals surface area contributed by atoms with E-state index in [-0.39, 0.29) is 18.7 Å². The first-order chi connectivity index (χ1) is 7.64. The third-order valence-corrected chi connectivity index (χ3v) is 4.18. The van der Waals surface area contributed by atoms with Crippen molar-refractivity contribution in [1.82, 2.24) is 0 Å². The van der Waals surface area contributed by atoms with Gasteiger partial charge < -0.3 is 14.3 Å². The molecule has 0 atom stereocenters. The third-order valence-electron chi connectivity index (χ3n) is 2.03. The number of oxime groups is 1. The van der Waals surface area contributed by atoms with Crippen LogP contribution in [0.1, 0.15) is 46.5 Å². The van der Waals surface area contributed by atoms with Crippen molar-refractivity contribution in [2.24, 2.45) is 5.16 Å². The van der Waals surface area contributed by atoms with E-state index in [0.29, 0.717) is 6.42 Å². The second-order valence-corrected chi connectivity index (χ2v) is 5.33. The van der Waals surface area contributed by atoms with E-state index in [4.69, 9.17) is 14.3 Å². The molecule has 0 saturated heterocycles. The zero-order chi connectivity index (χ0) is 12.4. The van der Waals surface area contributed by atoms with Gasteiger partial charge >= 0.3 is 7.60 Å². The molecule has 0 aliphatic carbocycles. The van der Waals surface area contributed by atoms with Crippen LogP contribution in [0.25, 0.3) is 0 Å². The molecule has 0 aromatic carbocycles. The van der Waals surface area contributed by atoms with Gasteiger partial charge in [-0.2, -0.15) is 0 Å². The summed E-state index contributed by atoms with van der Waals surface area (Å²) < 4.78 is 22.4. The van der Waals surface area contributed by atoms with E-state index < -0.39 is 7.60 Å². The van der Waals surface area contributed by atoms with E-state index in [1.807, 2.05) is 0 Å². The van der Waals surface area contributed by atoms with E-state index in [9.17, 15) is 4.57 Å². The molecule has 0 aromatic rings. The van der Waals surface area contributed by atoms with Crippen LogP contribution in [0, 0.1) is 0 Å². The van der Waals surface area contributed by atoms with Crippen molar-refractivity contribution in [3.8, 4) is 0 Å². The summed E-state index contributed by atoms with van der Waals surface area (Å²) in [6, 6.07) is 0. The molecule has 0 aromatic heterocycles. The Morgan fingerprint density at radius 3 is 2.12 bits per heavy atom. The van der Waals surface area contributed by atoms with E-state index in [1.165, 1.54) is 0 Å². The van der Waals surface area contributed by atoms with Crippen LogP contribution in [-0.2, 0) is 13.6 Å². The van der Waals surface area contributed by atoms with Crippen molar-refractivity contribution >= 4 is 13.0 Å². The molecule has 0 radical (unpaired) electrons. The Hall–Kier alpha value is -0.380. The van der Waals surface area contributed by atoms with Crippen LogP contribution in [0.2, 0.25) is 0 Å². The lowest BCUT2D eigenvalue weighted by Gasteiger charge is -2.17. The summed E-state index contributed by atoms with van der Waals surface area (Å²) in [5.74, 6) is 0. The Kier molecular flexibility index (Phi) is 8.53. The Morgan fingerprint density at radius 2 is 1.75 bits per heavy atom. The van der Waals surface area contributed by atoms with Crippen LogP contribution < -0.4 is 0 Å². The lowest BCUT2D eigenvalue weighted by Crippen LogP contribution is -2.07. The van der Waals surface area contributed by atoms with Crippen LogP contribution in [-0.4, -0.2) is 23.9 Å². The number of rotatable bonds is 9. The van der Waals surface area contributed by atoms with E-state index in [2.05, 4.69) is 12.1 Å². The van der Waals surface area contributed by atoms with Gasteiger partial charge in [0.1, 0.15) is 0 Å². The minimum atomic E-state index is -3.37. The van der Waals surface area contributed by atoms with E-state index >= 15 is 0 Å². The fourth-order valence-corrected chi connectivity index (χ4v) is 2.89. The smallest absolute Gasteiger partial charge is 0.378 e. The standard InChI is InChI=1S/C10H22NO4P/c1-4-7-8-9-10(11-12)16(13,14-5-2)15-6-3/h12H,4-9H2,1-3H3/b11-10-. The van der Waals surface area contributed by atoms with E-state index in [0.717, 1.165) is 19.3 Å². The number of nitrogens with zero attached hydrogens (tertiary/aromatic N) is 1. The molecule has 16 heavy (non-hydrogen) atoms. The van der Waals surface area contributed by atoms with Crippen LogP contribution >= 0.6 is 7.60 Å². The van der Waals surface area contributed by atoms with Crippen molar-refractivity contribution in [2.45, 2.75) is 46.5 Å². The monoisotopic (exact) mass is 251 g/mol. The predicted octanol–water partition coefficient (Wildman–Crippen LogP) is 3.62. The molecule has 0 saturated carbocycles. The first-order valence-corrected chi connectivity index (χ1v) is 7.29. The fraction of sp³-hybridized carbons (Fsp3) is 0.900. The van der Waals surface area contributed by atoms with Gasteiger partial charge in [-0.05, 0) is 20.3 Å². The van der Waals surface area contributed by atoms with Gasteiger partial charge in [0.25, 0.3) is 0 Å². The first kappa shape index (κ1) is 15.6. The Morgan fingerprint density at radius 1 is 1.19 bits per heavy atom. The van der Waals surface area contributed by atoms with Gasteiger partial charge in [0.2, 0.25) is 0 Å². The SMILES string of the molecule is CCCCC/C(=N/O)P(=O)(OCC)OCC. The molecule has 0 fully saturated rings. The molecular weight excluding hydrogens is 229 g/mol. The molecule has 0 aliphatic rings. The maximum atomic E-state index is 12.2. The minimum absolute atomic E-state index is 0.129. The highest BCUT2D eigenvalue weighted by Gasteiger charge is 2.31. The number of hydrogen-bond acceptors (Lipinski definition) is 5. The van der Waals surface area contributed by atoms with Crippen LogP contribution in [0.15, 0.2) is 5.16 Å². The van der Waals surface area contributed by atoms with Gasteiger partial charge in [-0.15, -0.1) is 0 Å². The maximum absolute atomic E-state index is 12.2. The zero-order valence-electron chi connectivity index (χ0n) is 10.3. The van der Waals surface area contributed by atoms with Crippen LogP contribution in [0.5, 0.6) is 0 Å². The Bertz CT molecular complexity index is 245. The lowest BCUT2D eigenvalue weighted by molar-refractivity contribution is 0.229. The largest absolute Gasteiger partial charge is 0.410 e. The Labute approximate surface area is 97.4 Å². The van der Waals surface area contributed by atoms with Gasteiger partial charge in [-0.3, -0.25) is 4.57 Å². The molecule has 6 heteroatoms. The highest BCUT2D eigenvalue weighted by atomic mass is 31.2. The highest BCUT2D eigenvalue weighted by molar-refractivity contribution is 7.72. The molecule has 96 valence electrons. The molecule has 0 amide bonds. The molecule has 0 aliphatic heterocycles. The summed E-state index contributed by atoms with van der Waals surface area (Å²) in [6.45, 7) is 6.06. The summed E-state index contributed by atoms with van der Waals surface area (Å²) in [5, 5.41) is 11.9. The quantitative estimate of drug-likeness (QED) is 0.223. The van der Waals surface area contributed by atoms with Crippen LogP contribution in [0.4, 0.5) is 0 Å². The van der Waals surface area contributed by atoms with Crippen molar-refractivity contribution < 1.29 is 18.8 Å². The maximum Gasteiger partial charge on any atom is 0.378 e. The molecule has 5 nitrogen and oxygen atoms in total. The van der Waals surface area contributed by atoms with Crippen molar-refractivity contribution in [3.63, 3.8) is 0 Å². The molecule has 1 N–H and O–H groups in total. The molecule has 0 rings (SSSR count). The second kappa shape index (κ2) is 8.74. The predicted molar refractivity (Wildman–Crippen MR) is 64.2 cm³/mol. The number of hydrogen-bond donors (Lipinski definition) is 1. The average Bonchev–Trinajstić information content (AvgIpc) is 2.25. The Balaban J connectivity index is 4.53. The summed E-state index contributed by atoms with van der Waals surface area (Å²) >= 11 is 0. The molecule has 0 spiro atoms. The van der Waals surface area contributed by atoms with Gasteiger partial charge in [0.15, 0.2) is 5.45 Å². The van der Waals surface area contributed by atoms with Crippen molar-refractivity contribution in [3.05, 3.63) is 0 Å². The molecule has 0 heterocycles. The highest BCUT2D eigenvalue weighted by Crippen LogP contribution is 2.50. The third kappa shape index (κ3) is 5.10. The normalized spacial score (nSPS) is 13.1. The van der Waals surface area contributed by atoms with E-state index in [1.54, 1.807) is 13.8 Å². The molecule has 0 bridgehead atoms. The summed E-state index contributed by atoms with van der Waals surface area (Å²) in [6.07, 6.45) is 3.31. The second-order valence-electron chi connectivity index (χ2n) is 3.31. The average molecular weight is 251 g/mol. The van der Waals surface area contributed by atoms with Gasteiger partial charge in [-0.1, -0.05) is 24.9 Å². The first-order valence-electron chi connectivity index (χ1n) is 5.75. The fourth-order valence-electron chi connectivity index (χ4n) is 1.30. The van der Waals surface area contributed by atoms with Crippen molar-refractivity contribution in [2.75, 3.05) is 13.2 Å². The van der Waals surface area contributed by atoms with Gasteiger partial charge in [0.05, 0.1) is 13.2 Å². The summed E-state index contributed by atoms with van der Waals surface area (Å²) in [7, 11) is -3.37. The van der Waals surface area contributed by atoms with Crippen molar-refractivity contribution in [1.29, 1.82) is 0 Å². The zero-order valence-corrected chi connectivity index (χ0v) is 11.2. The van der Waals surface area contributed by atoms with Gasteiger partial charge in [-0.25, -0.2) is 0 Å². The minimum Gasteiger partial charge on any atom is -0.410 e.